The van der Waals surface area contributed by atoms with E-state index in [0.717, 1.165) is 28.1 Å². The zero-order valence-electron chi connectivity index (χ0n) is 11.0. The van der Waals surface area contributed by atoms with Gasteiger partial charge in [0, 0.05) is 23.5 Å². The van der Waals surface area contributed by atoms with Crippen LogP contribution < -0.4 is 0 Å². The van der Waals surface area contributed by atoms with E-state index in [1.54, 1.807) is 0 Å². The fraction of sp³-hybridized carbons (Fsp3) is 0.125. The highest BCUT2D eigenvalue weighted by Gasteiger charge is 2.15. The van der Waals surface area contributed by atoms with E-state index in [4.69, 9.17) is 0 Å². The maximum absolute atomic E-state index is 4.37. The Labute approximate surface area is 112 Å². The first-order valence-corrected chi connectivity index (χ1v) is 6.28. The third-order valence-corrected chi connectivity index (χ3v) is 3.30. The third kappa shape index (κ3) is 2.03. The van der Waals surface area contributed by atoms with Crippen LogP contribution in [0.25, 0.3) is 22.4 Å². The predicted molar refractivity (Wildman–Crippen MR) is 76.7 cm³/mol. The fourth-order valence-corrected chi connectivity index (χ4v) is 2.33. The number of hydrogen-bond acceptors (Lipinski definition) is 2. The molecule has 19 heavy (non-hydrogen) atoms. The molecule has 0 aliphatic rings. The van der Waals surface area contributed by atoms with Gasteiger partial charge in [-0.25, -0.2) is 0 Å². The molecule has 0 radical (unpaired) electrons. The highest BCUT2D eigenvalue weighted by molar-refractivity contribution is 5.83. The molecular weight excluding hydrogens is 234 g/mol. The van der Waals surface area contributed by atoms with Gasteiger partial charge in [0.05, 0.1) is 11.4 Å². The summed E-state index contributed by atoms with van der Waals surface area (Å²) in [5.41, 5.74) is 6.71. The van der Waals surface area contributed by atoms with E-state index < -0.39 is 0 Å². The van der Waals surface area contributed by atoms with E-state index in [0.29, 0.717) is 0 Å². The number of aryl methyl sites for hydroxylation is 2. The van der Waals surface area contributed by atoms with Gasteiger partial charge in [-0.15, -0.1) is 0 Å². The molecule has 2 aromatic heterocycles. The molecule has 3 rings (SSSR count). The van der Waals surface area contributed by atoms with Crippen LogP contribution in [0.2, 0.25) is 0 Å². The van der Waals surface area contributed by atoms with E-state index in [1.807, 2.05) is 43.6 Å². The second-order valence-electron chi connectivity index (χ2n) is 4.62. The van der Waals surface area contributed by atoms with Gasteiger partial charge in [0.25, 0.3) is 0 Å². The maximum atomic E-state index is 4.37. The minimum Gasteiger partial charge on any atom is -0.277 e. The minimum absolute atomic E-state index is 1.01. The SMILES string of the molecule is Cc1cnccc1-c1c(C)n[nH]c1-c1ccccc1. The number of rotatable bonds is 2. The molecule has 0 atom stereocenters. The van der Waals surface area contributed by atoms with Crippen molar-refractivity contribution in [2.24, 2.45) is 0 Å². The van der Waals surface area contributed by atoms with E-state index in [1.165, 1.54) is 5.56 Å². The molecule has 0 amide bonds. The van der Waals surface area contributed by atoms with Crippen molar-refractivity contribution >= 4 is 0 Å². The van der Waals surface area contributed by atoms with Crippen LogP contribution in [0.3, 0.4) is 0 Å². The normalized spacial score (nSPS) is 10.6. The van der Waals surface area contributed by atoms with Crippen LogP contribution in [0.4, 0.5) is 0 Å². The molecule has 3 nitrogen and oxygen atoms in total. The molecule has 0 aliphatic heterocycles. The second-order valence-corrected chi connectivity index (χ2v) is 4.62. The molecule has 1 aromatic carbocycles. The summed E-state index contributed by atoms with van der Waals surface area (Å²) in [7, 11) is 0. The molecule has 0 aliphatic carbocycles. The Morgan fingerprint density at radius 1 is 1.00 bits per heavy atom. The maximum Gasteiger partial charge on any atom is 0.0731 e. The number of hydrogen-bond donors (Lipinski definition) is 1. The van der Waals surface area contributed by atoms with E-state index >= 15 is 0 Å². The molecule has 0 unspecified atom stereocenters. The fourth-order valence-electron chi connectivity index (χ4n) is 2.33. The van der Waals surface area contributed by atoms with Crippen LogP contribution in [0.15, 0.2) is 48.8 Å². The molecule has 1 N–H and O–H groups in total. The van der Waals surface area contributed by atoms with Gasteiger partial charge in [-0.2, -0.15) is 5.10 Å². The molecule has 0 saturated carbocycles. The average molecular weight is 249 g/mol. The Bertz CT molecular complexity index is 699. The van der Waals surface area contributed by atoms with Crippen LogP contribution in [0.1, 0.15) is 11.3 Å². The Balaban J connectivity index is 2.23. The number of benzene rings is 1. The lowest BCUT2D eigenvalue weighted by Gasteiger charge is -2.07. The van der Waals surface area contributed by atoms with Crippen LogP contribution in [0.5, 0.6) is 0 Å². The molecule has 0 spiro atoms. The first kappa shape index (κ1) is 11.7. The van der Waals surface area contributed by atoms with E-state index in [2.05, 4.69) is 34.2 Å². The highest BCUT2D eigenvalue weighted by Crippen LogP contribution is 2.34. The Morgan fingerprint density at radius 3 is 2.53 bits per heavy atom. The third-order valence-electron chi connectivity index (χ3n) is 3.30. The van der Waals surface area contributed by atoms with Crippen molar-refractivity contribution in [3.63, 3.8) is 0 Å². The number of nitrogens with zero attached hydrogens (tertiary/aromatic N) is 2. The Hall–Kier alpha value is -2.42. The number of nitrogens with one attached hydrogen (secondary N) is 1. The molecule has 3 aromatic rings. The van der Waals surface area contributed by atoms with Gasteiger partial charge in [0.2, 0.25) is 0 Å². The number of H-pyrrole nitrogens is 1. The lowest BCUT2D eigenvalue weighted by Crippen LogP contribution is -1.88. The van der Waals surface area contributed by atoms with Crippen molar-refractivity contribution in [2.45, 2.75) is 13.8 Å². The van der Waals surface area contributed by atoms with Gasteiger partial charge in [0.1, 0.15) is 0 Å². The first-order valence-electron chi connectivity index (χ1n) is 6.28. The zero-order chi connectivity index (χ0) is 13.2. The Morgan fingerprint density at radius 2 is 1.79 bits per heavy atom. The molecule has 0 bridgehead atoms. The van der Waals surface area contributed by atoms with Crippen molar-refractivity contribution in [1.82, 2.24) is 15.2 Å². The van der Waals surface area contributed by atoms with E-state index in [-0.39, 0.29) is 0 Å². The highest BCUT2D eigenvalue weighted by atomic mass is 15.1. The van der Waals surface area contributed by atoms with Gasteiger partial charge in [-0.1, -0.05) is 30.3 Å². The minimum atomic E-state index is 1.01. The monoisotopic (exact) mass is 249 g/mol. The molecule has 0 fully saturated rings. The summed E-state index contributed by atoms with van der Waals surface area (Å²) in [5.74, 6) is 0. The number of aromatic amines is 1. The largest absolute Gasteiger partial charge is 0.277 e. The van der Waals surface area contributed by atoms with Crippen LogP contribution in [-0.2, 0) is 0 Å². The number of aromatic nitrogens is 3. The topological polar surface area (TPSA) is 41.6 Å². The summed E-state index contributed by atoms with van der Waals surface area (Å²) < 4.78 is 0. The lowest BCUT2D eigenvalue weighted by atomic mass is 9.97. The summed E-state index contributed by atoms with van der Waals surface area (Å²) in [5, 5.41) is 7.51. The average Bonchev–Trinajstić information content (AvgIpc) is 2.82. The van der Waals surface area contributed by atoms with Gasteiger partial charge in [-0.05, 0) is 31.0 Å². The summed E-state index contributed by atoms with van der Waals surface area (Å²) in [6.07, 6.45) is 3.71. The van der Waals surface area contributed by atoms with Crippen molar-refractivity contribution in [1.29, 1.82) is 0 Å². The van der Waals surface area contributed by atoms with Crippen LogP contribution in [-0.4, -0.2) is 15.2 Å². The molecule has 0 saturated heterocycles. The van der Waals surface area contributed by atoms with Crippen molar-refractivity contribution in [3.05, 3.63) is 60.0 Å². The predicted octanol–water partition coefficient (Wildman–Crippen LogP) is 3.76. The molecule has 3 heteroatoms. The van der Waals surface area contributed by atoms with Crippen molar-refractivity contribution < 1.29 is 0 Å². The second kappa shape index (κ2) is 4.69. The smallest absolute Gasteiger partial charge is 0.0731 e. The van der Waals surface area contributed by atoms with Crippen LogP contribution in [0, 0.1) is 13.8 Å². The molecule has 94 valence electrons. The van der Waals surface area contributed by atoms with Gasteiger partial charge >= 0.3 is 0 Å². The van der Waals surface area contributed by atoms with Gasteiger partial charge in [-0.3, -0.25) is 10.1 Å². The van der Waals surface area contributed by atoms with Crippen molar-refractivity contribution in [2.75, 3.05) is 0 Å². The summed E-state index contributed by atoms with van der Waals surface area (Å²) in [6.45, 7) is 4.10. The zero-order valence-corrected chi connectivity index (χ0v) is 11.0. The van der Waals surface area contributed by atoms with Gasteiger partial charge < -0.3 is 0 Å². The Kier molecular flexibility index (Phi) is 2.88. The van der Waals surface area contributed by atoms with Crippen molar-refractivity contribution in [3.8, 4) is 22.4 Å². The molecule has 2 heterocycles. The van der Waals surface area contributed by atoms with Gasteiger partial charge in [0.15, 0.2) is 0 Å². The summed E-state index contributed by atoms with van der Waals surface area (Å²) in [4.78, 5) is 4.16. The number of pyridine rings is 1. The summed E-state index contributed by atoms with van der Waals surface area (Å²) >= 11 is 0. The first-order chi connectivity index (χ1) is 9.27. The quantitative estimate of drug-likeness (QED) is 0.751. The van der Waals surface area contributed by atoms with Crippen LogP contribution >= 0.6 is 0 Å². The molecular formula is C16H15N3. The standard InChI is InChI=1S/C16H15N3/c1-11-10-17-9-8-14(11)15-12(2)18-19-16(15)13-6-4-3-5-7-13/h3-10H,1-2H3,(H,18,19). The lowest BCUT2D eigenvalue weighted by molar-refractivity contribution is 1.05. The van der Waals surface area contributed by atoms with E-state index in [9.17, 15) is 0 Å². The summed E-state index contributed by atoms with van der Waals surface area (Å²) in [6, 6.07) is 12.3.